The van der Waals surface area contributed by atoms with E-state index >= 15 is 0 Å². The maximum absolute atomic E-state index is 12.7. The topological polar surface area (TPSA) is 91.1 Å². The molecule has 136 valence electrons. The average molecular weight is 353 g/mol. The molecule has 6 nitrogen and oxygen atoms in total. The molecule has 3 N–H and O–H groups in total. The summed E-state index contributed by atoms with van der Waals surface area (Å²) in [5, 5.41) is 5.36. The number of aromatic amines is 1. The van der Waals surface area contributed by atoms with Crippen molar-refractivity contribution in [3.05, 3.63) is 52.3 Å². The van der Waals surface area contributed by atoms with E-state index in [9.17, 15) is 14.4 Å². The number of ketones is 1. The lowest BCUT2D eigenvalue weighted by Crippen LogP contribution is -2.26. The Morgan fingerprint density at radius 1 is 1.08 bits per heavy atom. The first kappa shape index (κ1) is 17.9. The van der Waals surface area contributed by atoms with Crippen LogP contribution in [-0.4, -0.2) is 29.6 Å². The highest BCUT2D eigenvalue weighted by Crippen LogP contribution is 2.36. The van der Waals surface area contributed by atoms with Crippen molar-refractivity contribution in [3.63, 3.8) is 0 Å². The van der Waals surface area contributed by atoms with Crippen LogP contribution in [0.3, 0.4) is 0 Å². The molecular formula is C20H23N3O3. The quantitative estimate of drug-likeness (QED) is 0.792. The van der Waals surface area contributed by atoms with Crippen molar-refractivity contribution in [3.8, 4) is 0 Å². The smallest absolute Gasteiger partial charge is 0.272 e. The highest BCUT2D eigenvalue weighted by atomic mass is 16.2. The predicted octanol–water partition coefficient (Wildman–Crippen LogP) is 3.09. The number of rotatable bonds is 3. The van der Waals surface area contributed by atoms with E-state index in [2.05, 4.69) is 29.5 Å². The third kappa shape index (κ3) is 3.27. The number of carbonyl (C=O) groups is 3. The summed E-state index contributed by atoms with van der Waals surface area (Å²) in [5.41, 5.74) is 3.60. The van der Waals surface area contributed by atoms with E-state index in [0.29, 0.717) is 34.5 Å². The van der Waals surface area contributed by atoms with Gasteiger partial charge >= 0.3 is 0 Å². The van der Waals surface area contributed by atoms with Gasteiger partial charge in [-0.25, -0.2) is 0 Å². The van der Waals surface area contributed by atoms with Gasteiger partial charge in [0.1, 0.15) is 5.69 Å². The summed E-state index contributed by atoms with van der Waals surface area (Å²) in [6.45, 7) is 5.91. The first-order valence-corrected chi connectivity index (χ1v) is 8.60. The third-order valence-electron chi connectivity index (χ3n) is 4.76. The maximum Gasteiger partial charge on any atom is 0.272 e. The van der Waals surface area contributed by atoms with Crippen LogP contribution >= 0.6 is 0 Å². The molecule has 0 bridgehead atoms. The van der Waals surface area contributed by atoms with Crippen molar-refractivity contribution in [2.75, 3.05) is 12.4 Å². The molecule has 26 heavy (non-hydrogen) atoms. The van der Waals surface area contributed by atoms with Gasteiger partial charge in [0.2, 0.25) is 0 Å². The largest absolute Gasteiger partial charge is 0.355 e. The van der Waals surface area contributed by atoms with Gasteiger partial charge in [0, 0.05) is 36.0 Å². The Kier molecular flexibility index (Phi) is 4.44. The lowest BCUT2D eigenvalue weighted by atomic mass is 9.75. The molecular weight excluding hydrogens is 330 g/mol. The fourth-order valence-corrected chi connectivity index (χ4v) is 3.50. The molecule has 0 aliphatic heterocycles. The molecule has 3 rings (SSSR count). The van der Waals surface area contributed by atoms with Crippen molar-refractivity contribution < 1.29 is 14.4 Å². The molecule has 6 heteroatoms. The van der Waals surface area contributed by atoms with Crippen LogP contribution in [0.1, 0.15) is 62.7 Å². The fraction of sp³-hybridized carbons (Fsp3) is 0.350. The number of benzene rings is 1. The molecule has 1 heterocycles. The van der Waals surface area contributed by atoms with Crippen molar-refractivity contribution >= 4 is 23.3 Å². The number of aromatic nitrogens is 1. The number of hydrogen-bond donors (Lipinski definition) is 3. The van der Waals surface area contributed by atoms with Crippen LogP contribution in [0, 0.1) is 12.3 Å². The first-order valence-electron chi connectivity index (χ1n) is 8.60. The molecule has 0 unspecified atom stereocenters. The lowest BCUT2D eigenvalue weighted by molar-refractivity contribution is 0.0909. The highest BCUT2D eigenvalue weighted by molar-refractivity contribution is 6.08. The Balaban J connectivity index is 1.83. The van der Waals surface area contributed by atoms with Gasteiger partial charge in [-0.1, -0.05) is 13.8 Å². The number of H-pyrrole nitrogens is 1. The molecule has 1 aliphatic rings. The highest BCUT2D eigenvalue weighted by Gasteiger charge is 2.35. The van der Waals surface area contributed by atoms with Crippen LogP contribution in [0.4, 0.5) is 5.69 Å². The second kappa shape index (κ2) is 6.44. The Bertz CT molecular complexity index is 892. The number of Topliss-reactive ketones (excluding diaryl/α,β-unsaturated/α-hetero) is 1. The zero-order valence-electron chi connectivity index (χ0n) is 15.4. The van der Waals surface area contributed by atoms with Crippen LogP contribution in [0.5, 0.6) is 0 Å². The molecule has 2 aromatic rings. The molecule has 1 aliphatic carbocycles. The van der Waals surface area contributed by atoms with E-state index in [-0.39, 0.29) is 23.0 Å². The maximum atomic E-state index is 12.7. The Labute approximate surface area is 152 Å². The monoisotopic (exact) mass is 353 g/mol. The Morgan fingerprint density at radius 3 is 2.35 bits per heavy atom. The zero-order valence-corrected chi connectivity index (χ0v) is 15.4. The summed E-state index contributed by atoms with van der Waals surface area (Å²) in [7, 11) is 1.57. The van der Waals surface area contributed by atoms with Gasteiger partial charge in [0.05, 0.1) is 0 Å². The van der Waals surface area contributed by atoms with Gasteiger partial charge in [-0.15, -0.1) is 0 Å². The number of carbonyl (C=O) groups excluding carboxylic acids is 3. The minimum Gasteiger partial charge on any atom is -0.355 e. The Morgan fingerprint density at radius 2 is 1.73 bits per heavy atom. The van der Waals surface area contributed by atoms with Crippen molar-refractivity contribution in [2.24, 2.45) is 5.41 Å². The van der Waals surface area contributed by atoms with Crippen LogP contribution < -0.4 is 10.6 Å². The van der Waals surface area contributed by atoms with E-state index in [1.807, 2.05) is 0 Å². The number of anilines is 1. The molecule has 0 fully saturated rings. The minimum atomic E-state index is -0.296. The summed E-state index contributed by atoms with van der Waals surface area (Å²) in [4.78, 5) is 39.8. The number of fused-ring (bicyclic) bond motifs is 1. The second-order valence-electron chi connectivity index (χ2n) is 7.53. The molecule has 0 spiro atoms. The fourth-order valence-electron chi connectivity index (χ4n) is 3.50. The van der Waals surface area contributed by atoms with E-state index in [1.165, 1.54) is 0 Å². The van der Waals surface area contributed by atoms with Crippen LogP contribution in [0.15, 0.2) is 24.3 Å². The zero-order chi connectivity index (χ0) is 19.1. The molecule has 0 saturated carbocycles. The molecule has 0 saturated heterocycles. The van der Waals surface area contributed by atoms with Crippen LogP contribution in [-0.2, 0) is 6.42 Å². The van der Waals surface area contributed by atoms with Gasteiger partial charge < -0.3 is 15.6 Å². The molecule has 0 atom stereocenters. The predicted molar refractivity (Wildman–Crippen MR) is 99.7 cm³/mol. The van der Waals surface area contributed by atoms with Gasteiger partial charge in [-0.2, -0.15) is 0 Å². The number of amides is 2. The van der Waals surface area contributed by atoms with Crippen molar-refractivity contribution in [2.45, 2.75) is 33.6 Å². The van der Waals surface area contributed by atoms with Crippen LogP contribution in [0.2, 0.25) is 0 Å². The SMILES string of the molecule is CNC(=O)c1ccc(NC(=O)c2[nH]c3c(c2C)C(=O)CC(C)(C)C3)cc1. The van der Waals surface area contributed by atoms with Gasteiger partial charge in [0.15, 0.2) is 5.78 Å². The van der Waals surface area contributed by atoms with E-state index in [1.54, 1.807) is 38.2 Å². The molecule has 0 radical (unpaired) electrons. The first-order chi connectivity index (χ1) is 12.2. The second-order valence-corrected chi connectivity index (χ2v) is 7.53. The van der Waals surface area contributed by atoms with E-state index in [0.717, 1.165) is 12.1 Å². The van der Waals surface area contributed by atoms with Gasteiger partial charge in [0.25, 0.3) is 11.8 Å². The van der Waals surface area contributed by atoms with Gasteiger partial charge in [-0.3, -0.25) is 14.4 Å². The number of nitrogens with one attached hydrogen (secondary N) is 3. The average Bonchev–Trinajstić information content (AvgIpc) is 2.90. The normalized spacial score (nSPS) is 15.3. The summed E-state index contributed by atoms with van der Waals surface area (Å²) in [5.74, 6) is -0.397. The van der Waals surface area contributed by atoms with Crippen LogP contribution in [0.25, 0.3) is 0 Å². The Hall–Kier alpha value is -2.89. The summed E-state index contributed by atoms with van der Waals surface area (Å²) < 4.78 is 0. The summed E-state index contributed by atoms with van der Waals surface area (Å²) in [6, 6.07) is 6.64. The number of hydrogen-bond acceptors (Lipinski definition) is 3. The summed E-state index contributed by atoms with van der Waals surface area (Å²) >= 11 is 0. The van der Waals surface area contributed by atoms with Crippen molar-refractivity contribution in [1.82, 2.24) is 10.3 Å². The molecule has 1 aromatic carbocycles. The standard InChI is InChI=1S/C20H23N3O3/c1-11-16-14(9-20(2,3)10-15(16)24)23-17(11)19(26)22-13-7-5-12(6-8-13)18(25)21-4/h5-8,23H,9-10H2,1-4H3,(H,21,25)(H,22,26). The van der Waals surface area contributed by atoms with Crippen molar-refractivity contribution in [1.29, 1.82) is 0 Å². The van der Waals surface area contributed by atoms with Gasteiger partial charge in [-0.05, 0) is 48.6 Å². The third-order valence-corrected chi connectivity index (χ3v) is 4.76. The lowest BCUT2D eigenvalue weighted by Gasteiger charge is -2.28. The van der Waals surface area contributed by atoms with E-state index < -0.39 is 0 Å². The molecule has 1 aromatic heterocycles. The summed E-state index contributed by atoms with van der Waals surface area (Å²) in [6.07, 6.45) is 1.23. The van der Waals surface area contributed by atoms with E-state index in [4.69, 9.17) is 0 Å². The minimum absolute atomic E-state index is 0.0824. The molecule has 2 amide bonds.